The van der Waals surface area contributed by atoms with Crippen molar-refractivity contribution in [3.63, 3.8) is 0 Å². The molecule has 0 saturated carbocycles. The van der Waals surface area contributed by atoms with Gasteiger partial charge < -0.3 is 15.1 Å². The van der Waals surface area contributed by atoms with Gasteiger partial charge in [0.2, 0.25) is 11.8 Å². The fourth-order valence-electron chi connectivity index (χ4n) is 2.81. The Bertz CT molecular complexity index is 889. The summed E-state index contributed by atoms with van der Waals surface area (Å²) in [7, 11) is 0. The number of rotatable bonds is 5. The van der Waals surface area contributed by atoms with Crippen molar-refractivity contribution < 1.29 is 23.2 Å². The number of nitrogens with one attached hydrogen (secondary N) is 2. The van der Waals surface area contributed by atoms with Crippen molar-refractivity contribution in [2.45, 2.75) is 32.9 Å². The van der Waals surface area contributed by atoms with Crippen LogP contribution >= 0.6 is 0 Å². The summed E-state index contributed by atoms with van der Waals surface area (Å²) < 4.78 is 18.5. The molecule has 1 atom stereocenters. The summed E-state index contributed by atoms with van der Waals surface area (Å²) in [6.45, 7) is 4.66. The minimum absolute atomic E-state index is 0.0480. The van der Waals surface area contributed by atoms with Gasteiger partial charge in [-0.15, -0.1) is 0 Å². The molecule has 0 bridgehead atoms. The number of hydrogen-bond acceptors (Lipinski definition) is 5. The molecule has 1 aliphatic heterocycles. The second-order valence-electron chi connectivity index (χ2n) is 6.48. The lowest BCUT2D eigenvalue weighted by atomic mass is 9.92. The Balaban J connectivity index is 1.66. The molecule has 0 spiro atoms. The average Bonchev–Trinajstić information content (AvgIpc) is 3.05. The van der Waals surface area contributed by atoms with Crippen molar-refractivity contribution in [1.29, 1.82) is 0 Å². The summed E-state index contributed by atoms with van der Waals surface area (Å²) in [5.41, 5.74) is -0.207. The van der Waals surface area contributed by atoms with Gasteiger partial charge in [0.25, 0.3) is 5.91 Å². The van der Waals surface area contributed by atoms with Crippen LogP contribution < -0.4 is 10.6 Å². The van der Waals surface area contributed by atoms with Crippen LogP contribution in [0.25, 0.3) is 0 Å². The predicted octanol–water partition coefficient (Wildman–Crippen LogP) is 1.51. The molecule has 3 rings (SSSR count). The first-order chi connectivity index (χ1) is 12.7. The monoisotopic (exact) mass is 374 g/mol. The Kier molecular flexibility index (Phi) is 4.69. The maximum Gasteiger partial charge on any atom is 0.325 e. The van der Waals surface area contributed by atoms with E-state index in [9.17, 15) is 18.8 Å². The van der Waals surface area contributed by atoms with Crippen molar-refractivity contribution in [2.24, 2.45) is 0 Å². The van der Waals surface area contributed by atoms with Gasteiger partial charge in [-0.2, -0.15) is 0 Å². The maximum atomic E-state index is 13.1. The molecule has 4 amide bonds. The van der Waals surface area contributed by atoms with Crippen molar-refractivity contribution in [3.8, 4) is 0 Å². The molecule has 8 nitrogen and oxygen atoms in total. The van der Waals surface area contributed by atoms with Gasteiger partial charge in [-0.05, 0) is 38.5 Å². The van der Waals surface area contributed by atoms with Crippen molar-refractivity contribution in [3.05, 3.63) is 53.0 Å². The van der Waals surface area contributed by atoms with E-state index in [1.807, 2.05) is 0 Å². The lowest BCUT2D eigenvalue weighted by molar-refractivity contribution is -0.134. The van der Waals surface area contributed by atoms with Gasteiger partial charge in [0.15, 0.2) is 0 Å². The largest absolute Gasteiger partial charge is 0.444 e. The summed E-state index contributed by atoms with van der Waals surface area (Å²) in [4.78, 5) is 42.0. The van der Waals surface area contributed by atoms with Gasteiger partial charge in [0.1, 0.15) is 23.7 Å². The molecule has 1 saturated heterocycles. The molecule has 1 unspecified atom stereocenters. The molecule has 0 radical (unpaired) electrons. The third-order valence-corrected chi connectivity index (χ3v) is 4.51. The number of carbonyl (C=O) groups is 3. The number of aromatic nitrogens is 1. The standard InChI is InChI=1S/C18H19FN4O4/c1-10-11(2)27-15(21-10)8-20-14(24)9-23-16(25)18(3,22-17(23)26)12-4-6-13(19)7-5-12/h4-7H,8-9H2,1-3H3,(H,20,24)(H,22,26). The van der Waals surface area contributed by atoms with E-state index in [-0.39, 0.29) is 6.54 Å². The zero-order valence-electron chi connectivity index (χ0n) is 15.1. The Morgan fingerprint density at radius 2 is 1.96 bits per heavy atom. The van der Waals surface area contributed by atoms with Gasteiger partial charge in [-0.25, -0.2) is 14.2 Å². The topological polar surface area (TPSA) is 105 Å². The number of oxazole rings is 1. The number of nitrogens with zero attached hydrogens (tertiary/aromatic N) is 2. The highest BCUT2D eigenvalue weighted by atomic mass is 19.1. The minimum Gasteiger partial charge on any atom is -0.444 e. The number of hydrogen-bond donors (Lipinski definition) is 2. The van der Waals surface area contributed by atoms with Crippen LogP contribution in [0, 0.1) is 19.7 Å². The zero-order chi connectivity index (χ0) is 19.8. The third kappa shape index (κ3) is 3.53. The van der Waals surface area contributed by atoms with Gasteiger partial charge in [0, 0.05) is 0 Å². The van der Waals surface area contributed by atoms with E-state index in [1.54, 1.807) is 13.8 Å². The van der Waals surface area contributed by atoms with Crippen LogP contribution in [0.2, 0.25) is 0 Å². The summed E-state index contributed by atoms with van der Waals surface area (Å²) in [6.07, 6.45) is 0. The quantitative estimate of drug-likeness (QED) is 0.772. The number of benzene rings is 1. The molecular formula is C18H19FN4O4. The van der Waals surface area contributed by atoms with E-state index < -0.39 is 35.7 Å². The molecule has 0 aliphatic carbocycles. The highest BCUT2D eigenvalue weighted by Gasteiger charge is 2.49. The molecule has 1 aromatic heterocycles. The number of carbonyl (C=O) groups excluding carboxylic acids is 3. The van der Waals surface area contributed by atoms with E-state index >= 15 is 0 Å². The molecule has 142 valence electrons. The molecule has 2 heterocycles. The van der Waals surface area contributed by atoms with Gasteiger partial charge in [-0.3, -0.25) is 14.5 Å². The first kappa shape index (κ1) is 18.6. The Labute approximate surface area is 154 Å². The van der Waals surface area contributed by atoms with Crippen LogP contribution in [-0.4, -0.2) is 34.3 Å². The number of urea groups is 1. The second-order valence-corrected chi connectivity index (χ2v) is 6.48. The molecule has 1 aromatic carbocycles. The van der Waals surface area contributed by atoms with E-state index in [0.29, 0.717) is 17.2 Å². The Hall–Kier alpha value is -3.23. The van der Waals surface area contributed by atoms with Crippen molar-refractivity contribution in [2.75, 3.05) is 6.54 Å². The lowest BCUT2D eigenvalue weighted by Gasteiger charge is -2.22. The molecule has 27 heavy (non-hydrogen) atoms. The van der Waals surface area contributed by atoms with Crippen molar-refractivity contribution >= 4 is 17.8 Å². The van der Waals surface area contributed by atoms with Crippen molar-refractivity contribution in [1.82, 2.24) is 20.5 Å². The first-order valence-electron chi connectivity index (χ1n) is 8.30. The number of imide groups is 1. The average molecular weight is 374 g/mol. The Morgan fingerprint density at radius 3 is 2.56 bits per heavy atom. The number of halogens is 1. The minimum atomic E-state index is -1.36. The van der Waals surface area contributed by atoms with Crippen LogP contribution in [-0.2, 0) is 21.7 Å². The van der Waals surface area contributed by atoms with E-state index in [1.165, 1.54) is 31.2 Å². The van der Waals surface area contributed by atoms with E-state index in [0.717, 1.165) is 10.6 Å². The highest BCUT2D eigenvalue weighted by molar-refractivity contribution is 6.09. The molecule has 2 N–H and O–H groups in total. The van der Waals surface area contributed by atoms with Crippen LogP contribution in [0.15, 0.2) is 28.7 Å². The normalized spacial score (nSPS) is 19.3. The summed E-state index contributed by atoms with van der Waals surface area (Å²) >= 11 is 0. The van der Waals surface area contributed by atoms with Crippen LogP contribution in [0.5, 0.6) is 0 Å². The Morgan fingerprint density at radius 1 is 1.30 bits per heavy atom. The third-order valence-electron chi connectivity index (χ3n) is 4.51. The van der Waals surface area contributed by atoms with Gasteiger partial charge >= 0.3 is 6.03 Å². The summed E-state index contributed by atoms with van der Waals surface area (Å²) in [5, 5.41) is 5.12. The summed E-state index contributed by atoms with van der Waals surface area (Å²) in [6, 6.07) is 4.56. The highest BCUT2D eigenvalue weighted by Crippen LogP contribution is 2.28. The smallest absolute Gasteiger partial charge is 0.325 e. The SMILES string of the molecule is Cc1nc(CNC(=O)CN2C(=O)NC(C)(c3ccc(F)cc3)C2=O)oc1C. The number of amides is 4. The summed E-state index contributed by atoms with van der Waals surface area (Å²) in [5.74, 6) is -0.574. The van der Waals surface area contributed by atoms with Crippen LogP contribution in [0.4, 0.5) is 9.18 Å². The van der Waals surface area contributed by atoms with Crippen LogP contribution in [0.3, 0.4) is 0 Å². The fourth-order valence-corrected chi connectivity index (χ4v) is 2.81. The first-order valence-corrected chi connectivity index (χ1v) is 8.30. The van der Waals surface area contributed by atoms with Gasteiger partial charge in [0.05, 0.1) is 12.2 Å². The molecule has 2 aromatic rings. The second kappa shape index (κ2) is 6.82. The molecular weight excluding hydrogens is 355 g/mol. The molecule has 9 heteroatoms. The predicted molar refractivity (Wildman–Crippen MR) is 91.8 cm³/mol. The number of aryl methyl sites for hydroxylation is 2. The molecule has 1 fully saturated rings. The van der Waals surface area contributed by atoms with E-state index in [4.69, 9.17) is 4.42 Å². The van der Waals surface area contributed by atoms with Gasteiger partial charge in [-0.1, -0.05) is 12.1 Å². The zero-order valence-corrected chi connectivity index (χ0v) is 15.1. The lowest BCUT2D eigenvalue weighted by Crippen LogP contribution is -2.43. The van der Waals surface area contributed by atoms with Crippen LogP contribution in [0.1, 0.15) is 29.8 Å². The fraction of sp³-hybridized carbons (Fsp3) is 0.333. The maximum absolute atomic E-state index is 13.1. The van der Waals surface area contributed by atoms with E-state index in [2.05, 4.69) is 15.6 Å². The molecule has 1 aliphatic rings.